The summed E-state index contributed by atoms with van der Waals surface area (Å²) in [6, 6.07) is 9.06. The molecule has 2 aliphatic carbocycles. The summed E-state index contributed by atoms with van der Waals surface area (Å²) in [7, 11) is 0. The zero-order valence-corrected chi connectivity index (χ0v) is 18.7. The number of hydrogen-bond acceptors (Lipinski definition) is 6. The topological polar surface area (TPSA) is 89.6 Å². The summed E-state index contributed by atoms with van der Waals surface area (Å²) < 4.78 is 30.5. The van der Waals surface area contributed by atoms with Crippen molar-refractivity contribution in [3.8, 4) is 17.1 Å². The molecule has 1 fully saturated rings. The SMILES string of the molecule is CC1(C)[C@H]2CC[C@]1(c1nccc(-n3ccc(CO)n3)n1)c1nnc(-c3c(F)cccc3F)cc12. The number of hydrogen-bond donors (Lipinski definition) is 1. The quantitative estimate of drug-likeness (QED) is 0.493. The van der Waals surface area contributed by atoms with E-state index in [1.807, 2.05) is 0 Å². The van der Waals surface area contributed by atoms with E-state index >= 15 is 0 Å². The normalized spacial score (nSPS) is 22.2. The van der Waals surface area contributed by atoms with Crippen molar-refractivity contribution in [2.45, 2.75) is 44.6 Å². The van der Waals surface area contributed by atoms with Crippen LogP contribution in [0.1, 0.15) is 55.4 Å². The van der Waals surface area contributed by atoms with Crippen LogP contribution in [0.25, 0.3) is 17.1 Å². The number of aromatic nitrogens is 6. The predicted octanol–water partition coefficient (Wildman–Crippen LogP) is 4.09. The number of aliphatic hydroxyl groups is 1. The lowest BCUT2D eigenvalue weighted by molar-refractivity contribution is 0.237. The van der Waals surface area contributed by atoms with Gasteiger partial charge in [-0.1, -0.05) is 19.9 Å². The maximum atomic E-state index is 14.4. The van der Waals surface area contributed by atoms with E-state index in [4.69, 9.17) is 4.98 Å². The molecule has 4 aromatic rings. The Labute approximate surface area is 194 Å². The highest BCUT2D eigenvalue weighted by atomic mass is 19.1. The molecular formula is C25H22F2N6O. The lowest BCUT2D eigenvalue weighted by Crippen LogP contribution is -2.39. The minimum absolute atomic E-state index is 0.129. The van der Waals surface area contributed by atoms with Gasteiger partial charge in [-0.05, 0) is 54.0 Å². The van der Waals surface area contributed by atoms with Crippen molar-refractivity contribution >= 4 is 0 Å². The maximum Gasteiger partial charge on any atom is 0.157 e. The van der Waals surface area contributed by atoms with Gasteiger partial charge in [0.15, 0.2) is 5.82 Å². The first-order valence-electron chi connectivity index (χ1n) is 11.2. The molecule has 2 bridgehead atoms. The van der Waals surface area contributed by atoms with Gasteiger partial charge in [-0.25, -0.2) is 23.4 Å². The molecule has 7 nitrogen and oxygen atoms in total. The minimum Gasteiger partial charge on any atom is -0.390 e. The number of fused-ring (bicyclic) bond motifs is 5. The lowest BCUT2D eigenvalue weighted by atomic mass is 9.68. The summed E-state index contributed by atoms with van der Waals surface area (Å²) in [6.45, 7) is 4.19. The largest absolute Gasteiger partial charge is 0.390 e. The Hall–Kier alpha value is -3.59. The molecule has 0 aliphatic heterocycles. The van der Waals surface area contributed by atoms with E-state index in [-0.39, 0.29) is 29.2 Å². The van der Waals surface area contributed by atoms with E-state index in [1.165, 1.54) is 18.2 Å². The van der Waals surface area contributed by atoms with Gasteiger partial charge in [-0.2, -0.15) is 10.2 Å². The van der Waals surface area contributed by atoms with Crippen LogP contribution in [0.15, 0.2) is 48.8 Å². The lowest BCUT2D eigenvalue weighted by Gasteiger charge is -2.36. The Bertz CT molecular complexity index is 1410. The van der Waals surface area contributed by atoms with Crippen LogP contribution in [0.5, 0.6) is 0 Å². The average molecular weight is 460 g/mol. The van der Waals surface area contributed by atoms with E-state index in [2.05, 4.69) is 34.1 Å². The van der Waals surface area contributed by atoms with Crippen LogP contribution in [0.3, 0.4) is 0 Å². The highest BCUT2D eigenvalue weighted by Crippen LogP contribution is 2.69. The average Bonchev–Trinajstić information content (AvgIpc) is 3.47. The highest BCUT2D eigenvalue weighted by molar-refractivity contribution is 5.64. The molecular weight excluding hydrogens is 438 g/mol. The Kier molecular flexibility index (Phi) is 4.44. The molecule has 6 rings (SSSR count). The molecule has 1 saturated carbocycles. The van der Waals surface area contributed by atoms with Crippen molar-refractivity contribution in [2.24, 2.45) is 5.41 Å². The molecule has 0 saturated heterocycles. The van der Waals surface area contributed by atoms with Crippen molar-refractivity contribution in [1.82, 2.24) is 29.9 Å². The second-order valence-corrected chi connectivity index (χ2v) is 9.50. The van der Waals surface area contributed by atoms with Crippen molar-refractivity contribution in [1.29, 1.82) is 0 Å². The molecule has 0 amide bonds. The van der Waals surface area contributed by atoms with E-state index in [1.54, 1.807) is 35.3 Å². The molecule has 9 heteroatoms. The molecule has 3 aromatic heterocycles. The number of benzene rings is 1. The van der Waals surface area contributed by atoms with Gasteiger partial charge in [0.1, 0.15) is 17.5 Å². The third kappa shape index (κ3) is 2.67. The third-order valence-electron chi connectivity index (χ3n) is 7.66. The fourth-order valence-electron chi connectivity index (χ4n) is 5.94. The first-order valence-corrected chi connectivity index (χ1v) is 11.2. The van der Waals surface area contributed by atoms with E-state index in [0.717, 1.165) is 24.1 Å². The molecule has 34 heavy (non-hydrogen) atoms. The van der Waals surface area contributed by atoms with Crippen LogP contribution >= 0.6 is 0 Å². The van der Waals surface area contributed by atoms with Gasteiger partial charge in [0.05, 0.1) is 34.7 Å². The van der Waals surface area contributed by atoms with Crippen molar-refractivity contribution in [2.75, 3.05) is 0 Å². The highest BCUT2D eigenvalue weighted by Gasteiger charge is 2.65. The van der Waals surface area contributed by atoms with Crippen LogP contribution in [0.4, 0.5) is 8.78 Å². The van der Waals surface area contributed by atoms with Gasteiger partial charge < -0.3 is 5.11 Å². The maximum absolute atomic E-state index is 14.4. The Morgan fingerprint density at radius 1 is 1.12 bits per heavy atom. The summed E-state index contributed by atoms with van der Waals surface area (Å²) in [5.74, 6) is 0.0125. The first-order chi connectivity index (χ1) is 16.4. The second kappa shape index (κ2) is 7.20. The molecule has 172 valence electrons. The molecule has 0 radical (unpaired) electrons. The van der Waals surface area contributed by atoms with Gasteiger partial charge >= 0.3 is 0 Å². The van der Waals surface area contributed by atoms with Crippen LogP contribution in [-0.2, 0) is 12.0 Å². The van der Waals surface area contributed by atoms with Gasteiger partial charge in [0.2, 0.25) is 0 Å². The third-order valence-corrected chi connectivity index (χ3v) is 7.66. The van der Waals surface area contributed by atoms with Gasteiger partial charge in [-0.15, -0.1) is 5.10 Å². The van der Waals surface area contributed by atoms with E-state index < -0.39 is 17.0 Å². The molecule has 2 atom stereocenters. The predicted molar refractivity (Wildman–Crippen MR) is 119 cm³/mol. The van der Waals surface area contributed by atoms with Crippen LogP contribution in [0, 0.1) is 17.0 Å². The Morgan fingerprint density at radius 2 is 1.91 bits per heavy atom. The van der Waals surface area contributed by atoms with Crippen LogP contribution < -0.4 is 0 Å². The van der Waals surface area contributed by atoms with Crippen LogP contribution in [0.2, 0.25) is 0 Å². The minimum atomic E-state index is -0.663. The number of halogens is 2. The summed E-state index contributed by atoms with van der Waals surface area (Å²) in [4.78, 5) is 9.52. The first kappa shape index (κ1) is 21.0. The Balaban J connectivity index is 1.51. The monoisotopic (exact) mass is 460 g/mol. The fourth-order valence-corrected chi connectivity index (χ4v) is 5.94. The standard InChI is InChI=1S/C25H22F2N6O/c1-24(2)16-6-9-25(24,23-28-10-7-20(29-23)33-11-8-14(13-34)32-33)22-15(16)12-19(30-31-22)21-17(26)4-3-5-18(21)27/h3-5,7-8,10-12,16,34H,6,9,13H2,1-2H3/t16-,25+/m0/s1. The second-order valence-electron chi connectivity index (χ2n) is 9.50. The molecule has 3 heterocycles. The van der Waals surface area contributed by atoms with E-state index in [9.17, 15) is 13.9 Å². The van der Waals surface area contributed by atoms with Crippen molar-refractivity contribution in [3.05, 3.63) is 83.2 Å². The van der Waals surface area contributed by atoms with E-state index in [0.29, 0.717) is 17.3 Å². The molecule has 1 N–H and O–H groups in total. The van der Waals surface area contributed by atoms with Gasteiger partial charge in [-0.3, -0.25) is 0 Å². The zero-order chi connectivity index (χ0) is 23.7. The summed E-state index contributed by atoms with van der Waals surface area (Å²) >= 11 is 0. The number of nitrogens with zero attached hydrogens (tertiary/aromatic N) is 6. The Morgan fingerprint density at radius 3 is 2.65 bits per heavy atom. The number of aliphatic hydroxyl groups excluding tert-OH is 1. The molecule has 1 aromatic carbocycles. The molecule has 0 unspecified atom stereocenters. The summed E-state index contributed by atoms with van der Waals surface area (Å²) in [5, 5.41) is 22.5. The van der Waals surface area contributed by atoms with Gasteiger partial charge in [0, 0.05) is 18.5 Å². The number of rotatable bonds is 4. The summed E-state index contributed by atoms with van der Waals surface area (Å²) in [6.07, 6.45) is 5.12. The molecule has 0 spiro atoms. The van der Waals surface area contributed by atoms with Gasteiger partial charge in [0.25, 0.3) is 0 Å². The van der Waals surface area contributed by atoms with Crippen molar-refractivity contribution < 1.29 is 13.9 Å². The molecule has 2 aliphatic rings. The smallest absolute Gasteiger partial charge is 0.157 e. The zero-order valence-electron chi connectivity index (χ0n) is 18.7. The fraction of sp³-hybridized carbons (Fsp3) is 0.320. The summed E-state index contributed by atoms with van der Waals surface area (Å²) in [5.41, 5.74) is 1.41. The van der Waals surface area contributed by atoms with Crippen molar-refractivity contribution in [3.63, 3.8) is 0 Å². The van der Waals surface area contributed by atoms with Crippen LogP contribution in [-0.4, -0.2) is 35.1 Å².